The summed E-state index contributed by atoms with van der Waals surface area (Å²) in [6.07, 6.45) is 0.763. The van der Waals surface area contributed by atoms with E-state index in [1.54, 1.807) is 19.0 Å². The lowest BCUT2D eigenvalue weighted by Gasteiger charge is -2.20. The molecule has 0 saturated heterocycles. The molecule has 6 nitrogen and oxygen atoms in total. The molecule has 2 aromatic rings. The van der Waals surface area contributed by atoms with Gasteiger partial charge < -0.3 is 9.64 Å². The largest absolute Gasteiger partial charge is 0.464 e. The maximum atomic E-state index is 13.9. The monoisotopic (exact) mass is 362 g/mol. The van der Waals surface area contributed by atoms with Gasteiger partial charge in [-0.3, -0.25) is 9.78 Å². The van der Waals surface area contributed by atoms with Gasteiger partial charge >= 0.3 is 0 Å². The number of aromatic nitrogens is 3. The van der Waals surface area contributed by atoms with Crippen LogP contribution in [0.3, 0.4) is 0 Å². The SMILES string of the molecule is CN(C)C[C@@]1(COc2nc3c(F)c(Cl)ncc3c(=O)[nH]2)CC1(F)F. The second-order valence-electron chi connectivity index (χ2n) is 6.18. The predicted octanol–water partition coefficient (Wildman–Crippen LogP) is 2.08. The second kappa shape index (κ2) is 5.59. The molecule has 1 fully saturated rings. The van der Waals surface area contributed by atoms with Crippen LogP contribution in [0.1, 0.15) is 6.42 Å². The molecule has 0 radical (unpaired) electrons. The zero-order valence-corrected chi connectivity index (χ0v) is 13.6. The summed E-state index contributed by atoms with van der Waals surface area (Å²) in [6.45, 7) is -0.241. The summed E-state index contributed by atoms with van der Waals surface area (Å²) in [5.74, 6) is -3.82. The van der Waals surface area contributed by atoms with Crippen LogP contribution < -0.4 is 10.3 Å². The number of fused-ring (bicyclic) bond motifs is 1. The number of pyridine rings is 1. The number of nitrogens with one attached hydrogen (secondary N) is 1. The topological polar surface area (TPSA) is 71.1 Å². The van der Waals surface area contributed by atoms with Crippen molar-refractivity contribution in [1.82, 2.24) is 19.9 Å². The Balaban J connectivity index is 1.88. The van der Waals surface area contributed by atoms with Gasteiger partial charge in [-0.2, -0.15) is 4.98 Å². The first-order chi connectivity index (χ1) is 11.2. The Kier molecular flexibility index (Phi) is 3.95. The molecule has 0 aliphatic heterocycles. The van der Waals surface area contributed by atoms with Crippen LogP contribution in [-0.2, 0) is 0 Å². The van der Waals surface area contributed by atoms with E-state index in [2.05, 4.69) is 15.0 Å². The number of rotatable bonds is 5. The summed E-state index contributed by atoms with van der Waals surface area (Å²) in [4.78, 5) is 23.2. The average Bonchev–Trinajstić information content (AvgIpc) is 3.01. The molecule has 2 heterocycles. The molecule has 10 heteroatoms. The van der Waals surface area contributed by atoms with Crippen LogP contribution in [0.4, 0.5) is 13.2 Å². The van der Waals surface area contributed by atoms with Crippen LogP contribution in [-0.4, -0.2) is 53.0 Å². The van der Waals surface area contributed by atoms with Crippen molar-refractivity contribution in [2.75, 3.05) is 27.2 Å². The lowest BCUT2D eigenvalue weighted by atomic mass is 10.1. The summed E-state index contributed by atoms with van der Waals surface area (Å²) in [5.41, 5.74) is -2.36. The molecule has 1 N–H and O–H groups in total. The maximum Gasteiger partial charge on any atom is 0.297 e. The standard InChI is InChI=1S/C14H14ClF3N4O2/c1-22(2)5-13(4-14(13,17)18)6-24-12-20-9-7(11(23)21-12)3-19-10(15)8(9)16/h3H,4-6H2,1-2H3,(H,20,21,23)/t13-/m1/s1. The predicted molar refractivity (Wildman–Crippen MR) is 81.2 cm³/mol. The smallest absolute Gasteiger partial charge is 0.297 e. The molecule has 1 atom stereocenters. The van der Waals surface area contributed by atoms with E-state index in [4.69, 9.17) is 16.3 Å². The quantitative estimate of drug-likeness (QED) is 0.825. The first-order valence-corrected chi connectivity index (χ1v) is 7.42. The third kappa shape index (κ3) is 2.82. The van der Waals surface area contributed by atoms with Crippen molar-refractivity contribution in [1.29, 1.82) is 0 Å². The fraction of sp³-hybridized carbons (Fsp3) is 0.500. The Morgan fingerprint density at radius 3 is 2.71 bits per heavy atom. The van der Waals surface area contributed by atoms with Crippen molar-refractivity contribution in [3.8, 4) is 6.01 Å². The van der Waals surface area contributed by atoms with Crippen molar-refractivity contribution >= 4 is 22.5 Å². The molecule has 0 unspecified atom stereocenters. The molecule has 0 bridgehead atoms. The minimum Gasteiger partial charge on any atom is -0.464 e. The van der Waals surface area contributed by atoms with Crippen LogP contribution in [0.15, 0.2) is 11.0 Å². The molecule has 0 spiro atoms. The molecule has 3 rings (SSSR count). The van der Waals surface area contributed by atoms with Crippen molar-refractivity contribution in [3.05, 3.63) is 27.5 Å². The van der Waals surface area contributed by atoms with Crippen molar-refractivity contribution in [2.45, 2.75) is 12.3 Å². The first kappa shape index (κ1) is 17.0. The molecule has 2 aromatic heterocycles. The van der Waals surface area contributed by atoms with E-state index < -0.39 is 27.9 Å². The lowest BCUT2D eigenvalue weighted by molar-refractivity contribution is 0.0288. The summed E-state index contributed by atoms with van der Waals surface area (Å²) < 4.78 is 46.6. The zero-order valence-electron chi connectivity index (χ0n) is 12.9. The fourth-order valence-electron chi connectivity index (χ4n) is 2.66. The Hall–Kier alpha value is -1.87. The number of halogens is 4. The number of nitrogens with zero attached hydrogens (tertiary/aromatic N) is 3. The molecule has 1 saturated carbocycles. The van der Waals surface area contributed by atoms with E-state index in [-0.39, 0.29) is 36.5 Å². The van der Waals surface area contributed by atoms with E-state index >= 15 is 0 Å². The van der Waals surface area contributed by atoms with Crippen LogP contribution in [0.2, 0.25) is 5.15 Å². The van der Waals surface area contributed by atoms with Gasteiger partial charge in [0.05, 0.1) is 10.8 Å². The van der Waals surface area contributed by atoms with Crippen LogP contribution in [0, 0.1) is 11.2 Å². The summed E-state index contributed by atoms with van der Waals surface area (Å²) in [6, 6.07) is -0.338. The number of aromatic amines is 1. The molecule has 1 aliphatic rings. The first-order valence-electron chi connectivity index (χ1n) is 7.05. The number of hydrogen-bond donors (Lipinski definition) is 1. The van der Waals surface area contributed by atoms with E-state index in [1.165, 1.54) is 0 Å². The molecular formula is C14H14ClF3N4O2. The summed E-state index contributed by atoms with van der Waals surface area (Å²) >= 11 is 5.56. The van der Waals surface area contributed by atoms with E-state index in [0.717, 1.165) is 6.20 Å². The number of H-pyrrole nitrogens is 1. The van der Waals surface area contributed by atoms with Gasteiger partial charge in [0.15, 0.2) is 11.0 Å². The highest BCUT2D eigenvalue weighted by Gasteiger charge is 2.71. The number of ether oxygens (including phenoxy) is 1. The summed E-state index contributed by atoms with van der Waals surface area (Å²) in [7, 11) is 3.35. The minimum atomic E-state index is -2.85. The Morgan fingerprint density at radius 1 is 1.46 bits per heavy atom. The second-order valence-corrected chi connectivity index (χ2v) is 6.54. The van der Waals surface area contributed by atoms with Gasteiger partial charge in [0.25, 0.3) is 17.5 Å². The summed E-state index contributed by atoms with van der Waals surface area (Å²) in [5, 5.41) is -0.548. The van der Waals surface area contributed by atoms with Crippen molar-refractivity contribution in [2.24, 2.45) is 5.41 Å². The van der Waals surface area contributed by atoms with Gasteiger partial charge in [-0.25, -0.2) is 18.2 Å². The molecule has 24 heavy (non-hydrogen) atoms. The fourth-order valence-corrected chi connectivity index (χ4v) is 2.80. The van der Waals surface area contributed by atoms with Crippen molar-refractivity contribution in [3.63, 3.8) is 0 Å². The Labute approximate surface area is 139 Å². The van der Waals surface area contributed by atoms with Gasteiger partial charge in [-0.15, -0.1) is 0 Å². The molecule has 130 valence electrons. The lowest BCUT2D eigenvalue weighted by Crippen LogP contribution is -2.32. The average molecular weight is 363 g/mol. The highest BCUT2D eigenvalue weighted by molar-refractivity contribution is 6.30. The van der Waals surface area contributed by atoms with Crippen molar-refractivity contribution < 1.29 is 17.9 Å². The van der Waals surface area contributed by atoms with Gasteiger partial charge in [-0.1, -0.05) is 11.6 Å². The maximum absolute atomic E-state index is 13.9. The van der Waals surface area contributed by atoms with Gasteiger partial charge in [0, 0.05) is 19.2 Å². The van der Waals surface area contributed by atoms with E-state index in [0.29, 0.717) is 0 Å². The van der Waals surface area contributed by atoms with E-state index in [1.807, 2.05) is 0 Å². The van der Waals surface area contributed by atoms with Gasteiger partial charge in [0.2, 0.25) is 0 Å². The highest BCUT2D eigenvalue weighted by atomic mass is 35.5. The molecule has 0 amide bonds. The van der Waals surface area contributed by atoms with E-state index in [9.17, 15) is 18.0 Å². The molecule has 1 aliphatic carbocycles. The minimum absolute atomic E-state index is 0.107. The third-order valence-electron chi connectivity index (χ3n) is 3.94. The van der Waals surface area contributed by atoms with Crippen LogP contribution in [0.5, 0.6) is 6.01 Å². The zero-order chi connectivity index (χ0) is 17.7. The van der Waals surface area contributed by atoms with Gasteiger partial charge in [-0.05, 0) is 14.1 Å². The molecule has 0 aromatic carbocycles. The molecular weight excluding hydrogens is 349 g/mol. The number of hydrogen-bond acceptors (Lipinski definition) is 5. The number of alkyl halides is 2. The van der Waals surface area contributed by atoms with Crippen LogP contribution >= 0.6 is 11.6 Å². The Morgan fingerprint density at radius 2 is 2.12 bits per heavy atom. The van der Waals surface area contributed by atoms with Crippen LogP contribution in [0.25, 0.3) is 10.9 Å². The Bertz CT molecular complexity index is 858. The third-order valence-corrected chi connectivity index (χ3v) is 4.21. The highest BCUT2D eigenvalue weighted by Crippen LogP contribution is 2.60. The normalized spacial score (nSPS) is 22.1. The van der Waals surface area contributed by atoms with Gasteiger partial charge in [0.1, 0.15) is 12.1 Å².